The smallest absolute Gasteiger partial charge is 0.0409 e. The zero-order valence-corrected chi connectivity index (χ0v) is 21.7. The monoisotopic (exact) mass is 429 g/mol. The van der Waals surface area contributed by atoms with E-state index in [1.54, 1.807) is 0 Å². The Balaban J connectivity index is 2.06. The molecule has 0 N–H and O–H groups in total. The van der Waals surface area contributed by atoms with Crippen molar-refractivity contribution in [2.24, 2.45) is 0 Å². The summed E-state index contributed by atoms with van der Waals surface area (Å²) in [5.41, 5.74) is 4.07. The topological polar surface area (TPSA) is 12.9 Å². The summed E-state index contributed by atoms with van der Waals surface area (Å²) in [6.45, 7) is 6.83. The second-order valence-electron chi connectivity index (χ2n) is 9.99. The van der Waals surface area contributed by atoms with Crippen molar-refractivity contribution in [2.75, 3.05) is 0 Å². The number of rotatable bonds is 22. The van der Waals surface area contributed by atoms with Crippen LogP contribution in [0.1, 0.15) is 159 Å². The third kappa shape index (κ3) is 17.4. The largest absolute Gasteiger partial charge is 0.258 e. The van der Waals surface area contributed by atoms with Crippen LogP contribution in [-0.2, 0) is 12.8 Å². The van der Waals surface area contributed by atoms with Crippen molar-refractivity contribution in [1.82, 2.24) is 4.98 Å². The Morgan fingerprint density at radius 1 is 0.452 bits per heavy atom. The number of unbranched alkanes of at least 4 members (excludes halogenated alkanes) is 18. The standard InChI is InChI=1S/C30H55N/c1-4-6-8-10-12-14-16-18-20-22-24-29-26-28(3)27-30(31-29)25-23-21-19-17-15-13-11-9-7-5-2/h26-27H,4-25H2,1-3H3. The van der Waals surface area contributed by atoms with Gasteiger partial charge in [-0.05, 0) is 50.3 Å². The van der Waals surface area contributed by atoms with Crippen LogP contribution in [0.25, 0.3) is 0 Å². The van der Waals surface area contributed by atoms with Crippen LogP contribution >= 0.6 is 0 Å². The number of hydrogen-bond acceptors (Lipinski definition) is 1. The highest BCUT2D eigenvalue weighted by Crippen LogP contribution is 2.15. The molecule has 0 unspecified atom stereocenters. The van der Waals surface area contributed by atoms with Crippen molar-refractivity contribution in [1.29, 1.82) is 0 Å². The lowest BCUT2D eigenvalue weighted by Crippen LogP contribution is -1.98. The van der Waals surface area contributed by atoms with Gasteiger partial charge < -0.3 is 0 Å². The molecule has 31 heavy (non-hydrogen) atoms. The number of nitrogens with zero attached hydrogens (tertiary/aromatic N) is 1. The highest BCUT2D eigenvalue weighted by molar-refractivity contribution is 5.20. The van der Waals surface area contributed by atoms with Crippen LogP contribution in [-0.4, -0.2) is 4.98 Å². The van der Waals surface area contributed by atoms with Gasteiger partial charge in [0, 0.05) is 11.4 Å². The molecular weight excluding hydrogens is 374 g/mol. The van der Waals surface area contributed by atoms with E-state index in [2.05, 4.69) is 32.9 Å². The molecule has 0 radical (unpaired) electrons. The molecule has 0 spiro atoms. The van der Waals surface area contributed by atoms with Crippen LogP contribution in [0.3, 0.4) is 0 Å². The molecular formula is C30H55N. The first-order valence-corrected chi connectivity index (χ1v) is 14.2. The number of aryl methyl sites for hydroxylation is 3. The van der Waals surface area contributed by atoms with Gasteiger partial charge in [-0.2, -0.15) is 0 Å². The van der Waals surface area contributed by atoms with Crippen LogP contribution in [0.2, 0.25) is 0 Å². The Bertz CT molecular complexity index is 465. The Labute approximate surface area is 196 Å². The minimum atomic E-state index is 1.17. The SMILES string of the molecule is CCCCCCCCCCCCc1cc(C)cc(CCCCCCCCCCCC)n1. The Morgan fingerprint density at radius 2 is 0.742 bits per heavy atom. The van der Waals surface area contributed by atoms with Gasteiger partial charge in [-0.15, -0.1) is 0 Å². The summed E-state index contributed by atoms with van der Waals surface area (Å²) in [6, 6.07) is 4.63. The molecule has 0 aliphatic carbocycles. The van der Waals surface area contributed by atoms with Gasteiger partial charge in [0.1, 0.15) is 0 Å². The Hall–Kier alpha value is -0.850. The van der Waals surface area contributed by atoms with Crippen molar-refractivity contribution in [3.8, 4) is 0 Å². The summed E-state index contributed by atoms with van der Waals surface area (Å²) < 4.78 is 0. The molecule has 1 heteroatoms. The maximum Gasteiger partial charge on any atom is 0.0409 e. The minimum absolute atomic E-state index is 1.17. The van der Waals surface area contributed by atoms with E-state index in [1.165, 1.54) is 158 Å². The molecule has 0 saturated heterocycles. The first-order chi connectivity index (χ1) is 15.3. The molecule has 180 valence electrons. The fraction of sp³-hybridized carbons (Fsp3) is 0.833. The molecule has 0 amide bonds. The molecule has 1 heterocycles. The zero-order valence-electron chi connectivity index (χ0n) is 21.7. The second-order valence-corrected chi connectivity index (χ2v) is 9.99. The van der Waals surface area contributed by atoms with Crippen LogP contribution in [0.15, 0.2) is 12.1 Å². The number of aromatic nitrogens is 1. The van der Waals surface area contributed by atoms with Gasteiger partial charge in [0.15, 0.2) is 0 Å². The van der Waals surface area contributed by atoms with Crippen LogP contribution in [0.4, 0.5) is 0 Å². The predicted molar refractivity (Wildman–Crippen MR) is 140 cm³/mol. The highest BCUT2D eigenvalue weighted by Gasteiger charge is 2.02. The van der Waals surface area contributed by atoms with E-state index in [1.807, 2.05) is 0 Å². The first kappa shape index (κ1) is 28.2. The van der Waals surface area contributed by atoms with Gasteiger partial charge in [0.2, 0.25) is 0 Å². The normalized spacial score (nSPS) is 11.3. The predicted octanol–water partition coefficient (Wildman–Crippen LogP) is 10.3. The zero-order chi connectivity index (χ0) is 22.4. The van der Waals surface area contributed by atoms with Crippen molar-refractivity contribution < 1.29 is 0 Å². The number of pyridine rings is 1. The van der Waals surface area contributed by atoms with Crippen LogP contribution in [0.5, 0.6) is 0 Å². The van der Waals surface area contributed by atoms with E-state index in [-0.39, 0.29) is 0 Å². The fourth-order valence-electron chi connectivity index (χ4n) is 4.66. The van der Waals surface area contributed by atoms with Gasteiger partial charge in [0.25, 0.3) is 0 Å². The Morgan fingerprint density at radius 3 is 1.06 bits per heavy atom. The molecule has 1 aromatic rings. The van der Waals surface area contributed by atoms with E-state index in [0.29, 0.717) is 0 Å². The second kappa shape index (κ2) is 21.0. The molecule has 0 aliphatic heterocycles. The van der Waals surface area contributed by atoms with Crippen molar-refractivity contribution in [3.05, 3.63) is 29.1 Å². The van der Waals surface area contributed by atoms with Crippen molar-refractivity contribution in [2.45, 2.75) is 162 Å². The first-order valence-electron chi connectivity index (χ1n) is 14.2. The molecule has 0 aliphatic rings. The summed E-state index contributed by atoms with van der Waals surface area (Å²) in [7, 11) is 0. The maximum absolute atomic E-state index is 4.99. The van der Waals surface area contributed by atoms with E-state index in [0.717, 1.165) is 0 Å². The number of hydrogen-bond donors (Lipinski definition) is 0. The van der Waals surface area contributed by atoms with Crippen molar-refractivity contribution in [3.63, 3.8) is 0 Å². The molecule has 0 bridgehead atoms. The molecule has 1 aromatic heterocycles. The van der Waals surface area contributed by atoms with Gasteiger partial charge in [0.05, 0.1) is 0 Å². The summed E-state index contributed by atoms with van der Waals surface area (Å²) >= 11 is 0. The quantitative estimate of drug-likeness (QED) is 0.167. The van der Waals surface area contributed by atoms with Crippen LogP contribution in [0, 0.1) is 6.92 Å². The van der Waals surface area contributed by atoms with Gasteiger partial charge in [-0.3, -0.25) is 4.98 Å². The molecule has 0 fully saturated rings. The third-order valence-electron chi connectivity index (χ3n) is 6.65. The van der Waals surface area contributed by atoms with E-state index < -0.39 is 0 Å². The lowest BCUT2D eigenvalue weighted by molar-refractivity contribution is 0.553. The Kier molecular flexibility index (Phi) is 19.1. The maximum atomic E-state index is 4.99. The van der Waals surface area contributed by atoms with Gasteiger partial charge in [-0.25, -0.2) is 0 Å². The highest BCUT2D eigenvalue weighted by atomic mass is 14.7. The molecule has 0 aromatic carbocycles. The molecule has 1 nitrogen and oxygen atoms in total. The third-order valence-corrected chi connectivity index (χ3v) is 6.65. The fourth-order valence-corrected chi connectivity index (χ4v) is 4.66. The molecule has 1 rings (SSSR count). The van der Waals surface area contributed by atoms with Gasteiger partial charge in [-0.1, -0.05) is 129 Å². The lowest BCUT2D eigenvalue weighted by Gasteiger charge is -2.08. The van der Waals surface area contributed by atoms with E-state index >= 15 is 0 Å². The molecule has 0 saturated carbocycles. The minimum Gasteiger partial charge on any atom is -0.258 e. The average molecular weight is 430 g/mol. The van der Waals surface area contributed by atoms with Crippen molar-refractivity contribution >= 4 is 0 Å². The average Bonchev–Trinajstić information content (AvgIpc) is 2.76. The lowest BCUT2D eigenvalue weighted by atomic mass is 10.0. The summed E-state index contributed by atoms with van der Waals surface area (Å²) in [6.07, 6.45) is 30.5. The summed E-state index contributed by atoms with van der Waals surface area (Å²) in [5.74, 6) is 0. The van der Waals surface area contributed by atoms with E-state index in [4.69, 9.17) is 4.98 Å². The van der Waals surface area contributed by atoms with Gasteiger partial charge >= 0.3 is 0 Å². The van der Waals surface area contributed by atoms with E-state index in [9.17, 15) is 0 Å². The summed E-state index contributed by atoms with van der Waals surface area (Å²) in [4.78, 5) is 4.99. The summed E-state index contributed by atoms with van der Waals surface area (Å²) in [5, 5.41) is 0. The molecule has 0 atom stereocenters. The van der Waals surface area contributed by atoms with Crippen LogP contribution < -0.4 is 0 Å².